The minimum absolute atomic E-state index is 0.0369. The highest BCUT2D eigenvalue weighted by molar-refractivity contribution is 7.09. The fraction of sp³-hybridized carbons (Fsp3) is 0.143. The van der Waals surface area contributed by atoms with E-state index < -0.39 is 17.9 Å². The minimum Gasteiger partial charge on any atom is -0.347 e. The predicted molar refractivity (Wildman–Crippen MR) is 141 cm³/mol. The van der Waals surface area contributed by atoms with E-state index >= 15 is 0 Å². The lowest BCUT2D eigenvalue weighted by Crippen LogP contribution is -2.37. The number of halogens is 1. The monoisotopic (exact) mass is 540 g/mol. The number of hydrogen-bond acceptors (Lipinski definition) is 7. The molecule has 1 aliphatic heterocycles. The van der Waals surface area contributed by atoms with Crippen LogP contribution in [0.3, 0.4) is 0 Å². The Balaban J connectivity index is 1.32. The zero-order valence-electron chi connectivity index (χ0n) is 20.6. The van der Waals surface area contributed by atoms with Crippen molar-refractivity contribution in [3.8, 4) is 6.07 Å². The van der Waals surface area contributed by atoms with E-state index in [4.69, 9.17) is 0 Å². The molecular weight excluding hydrogens is 519 g/mol. The highest BCUT2D eigenvalue weighted by Gasteiger charge is 2.39. The fourth-order valence-electron chi connectivity index (χ4n) is 4.26. The number of nitrogens with one attached hydrogen (secondary N) is 2. The maximum absolute atomic E-state index is 13.5. The van der Waals surface area contributed by atoms with Gasteiger partial charge in [0.25, 0.3) is 17.7 Å². The molecule has 3 heterocycles. The molecule has 2 aromatic carbocycles. The van der Waals surface area contributed by atoms with E-state index in [1.165, 1.54) is 23.5 Å². The van der Waals surface area contributed by atoms with E-state index in [9.17, 15) is 24.0 Å². The number of aryl methyl sites for hydroxylation is 1. The lowest BCUT2D eigenvalue weighted by atomic mass is 10.1. The average molecular weight is 541 g/mol. The molecule has 0 unspecified atom stereocenters. The highest BCUT2D eigenvalue weighted by Crippen LogP contribution is 2.38. The summed E-state index contributed by atoms with van der Waals surface area (Å²) in [5, 5.41) is 16.7. The van der Waals surface area contributed by atoms with Crippen LogP contribution < -0.4 is 15.5 Å². The Labute approximate surface area is 226 Å². The third-order valence-electron chi connectivity index (χ3n) is 6.25. The second kappa shape index (κ2) is 10.8. The van der Waals surface area contributed by atoms with Gasteiger partial charge in [-0.3, -0.25) is 14.4 Å². The molecule has 5 rings (SSSR count). The number of carbonyl (C=O) groups excluding carboxylic acids is 3. The molecule has 0 saturated carbocycles. The summed E-state index contributed by atoms with van der Waals surface area (Å²) in [6, 6.07) is 15.5. The quantitative estimate of drug-likeness (QED) is 0.367. The molecular formula is C28H21FN6O3S. The van der Waals surface area contributed by atoms with Crippen molar-refractivity contribution in [3.05, 3.63) is 111 Å². The fourth-order valence-corrected chi connectivity index (χ4v) is 4.95. The van der Waals surface area contributed by atoms with E-state index in [0.717, 1.165) is 11.2 Å². The zero-order valence-corrected chi connectivity index (χ0v) is 21.5. The number of nitrogens with zero attached hydrogens (tertiary/aromatic N) is 4. The predicted octanol–water partition coefficient (Wildman–Crippen LogP) is 3.81. The Kier molecular flexibility index (Phi) is 7.12. The Morgan fingerprint density at radius 2 is 1.90 bits per heavy atom. The smallest absolute Gasteiger partial charge is 0.270 e. The number of hydrogen-bond donors (Lipinski definition) is 2. The van der Waals surface area contributed by atoms with Gasteiger partial charge >= 0.3 is 0 Å². The Bertz CT molecular complexity index is 1630. The topological polar surface area (TPSA) is 128 Å². The molecule has 39 heavy (non-hydrogen) atoms. The highest BCUT2D eigenvalue weighted by atomic mass is 32.1. The van der Waals surface area contributed by atoms with Crippen LogP contribution in [0.5, 0.6) is 0 Å². The Morgan fingerprint density at radius 3 is 2.62 bits per heavy atom. The minimum atomic E-state index is -0.992. The standard InChI is InChI=1S/C28H21FN6O3S/c1-16-9-18(5-7-21(16)29)13-31-26(36)22-11-23(33-15-32-22)27(37)34-25-20-6-4-17(12-30)10-24(20)35(28(25)38)14-19-3-2-8-39-19/h2-11,15,25H,13-14H2,1H3,(H,31,36)(H,34,37)/t25-/m1/s1. The molecule has 0 radical (unpaired) electrons. The van der Waals surface area contributed by atoms with Gasteiger partial charge in [0.1, 0.15) is 29.6 Å². The molecule has 0 fully saturated rings. The summed E-state index contributed by atoms with van der Waals surface area (Å²) in [5.41, 5.74) is 2.55. The second-order valence-corrected chi connectivity index (χ2v) is 9.88. The number of rotatable bonds is 7. The van der Waals surface area contributed by atoms with Crippen molar-refractivity contribution >= 4 is 34.7 Å². The van der Waals surface area contributed by atoms with E-state index in [1.54, 1.807) is 42.2 Å². The molecule has 0 aliphatic carbocycles. The molecule has 9 nitrogen and oxygen atoms in total. The first-order valence-electron chi connectivity index (χ1n) is 11.9. The molecule has 2 aromatic heterocycles. The molecule has 3 amide bonds. The summed E-state index contributed by atoms with van der Waals surface area (Å²) in [6.07, 6.45) is 1.10. The van der Waals surface area contributed by atoms with Gasteiger partial charge in [0.2, 0.25) is 0 Å². The number of fused-ring (bicyclic) bond motifs is 1. The number of anilines is 1. The van der Waals surface area contributed by atoms with Crippen molar-refractivity contribution in [1.29, 1.82) is 5.26 Å². The van der Waals surface area contributed by atoms with Gasteiger partial charge in [0.15, 0.2) is 0 Å². The van der Waals surface area contributed by atoms with Crippen LogP contribution in [0.25, 0.3) is 0 Å². The molecule has 4 aromatic rings. The number of nitriles is 1. The van der Waals surface area contributed by atoms with Gasteiger partial charge in [-0.25, -0.2) is 14.4 Å². The van der Waals surface area contributed by atoms with Crippen LogP contribution in [0.15, 0.2) is 66.3 Å². The van der Waals surface area contributed by atoms with Crippen molar-refractivity contribution < 1.29 is 18.8 Å². The molecule has 194 valence electrons. The summed E-state index contributed by atoms with van der Waals surface area (Å²) in [6.45, 7) is 2.08. The molecule has 1 aliphatic rings. The molecule has 1 atom stereocenters. The first kappa shape index (κ1) is 25.7. The number of benzene rings is 2. The van der Waals surface area contributed by atoms with Crippen LogP contribution in [-0.2, 0) is 17.9 Å². The van der Waals surface area contributed by atoms with Crippen LogP contribution >= 0.6 is 11.3 Å². The zero-order chi connectivity index (χ0) is 27.5. The van der Waals surface area contributed by atoms with Gasteiger partial charge in [0, 0.05) is 23.1 Å². The summed E-state index contributed by atoms with van der Waals surface area (Å²) < 4.78 is 13.5. The number of carbonyl (C=O) groups is 3. The second-order valence-electron chi connectivity index (χ2n) is 8.85. The Hall–Kier alpha value is -4.95. The summed E-state index contributed by atoms with van der Waals surface area (Å²) in [7, 11) is 0. The normalized spacial score (nSPS) is 14.0. The van der Waals surface area contributed by atoms with Gasteiger partial charge in [0.05, 0.1) is 23.9 Å². The summed E-state index contributed by atoms with van der Waals surface area (Å²) in [5.74, 6) is -1.88. The first-order valence-corrected chi connectivity index (χ1v) is 12.8. The van der Waals surface area contributed by atoms with Gasteiger partial charge in [-0.05, 0) is 47.7 Å². The molecule has 0 spiro atoms. The summed E-state index contributed by atoms with van der Waals surface area (Å²) in [4.78, 5) is 49.6. The first-order chi connectivity index (χ1) is 18.8. The maximum atomic E-state index is 13.5. The van der Waals surface area contributed by atoms with Gasteiger partial charge < -0.3 is 15.5 Å². The van der Waals surface area contributed by atoms with Crippen LogP contribution in [-0.4, -0.2) is 27.7 Å². The average Bonchev–Trinajstić information content (AvgIpc) is 3.56. The maximum Gasteiger partial charge on any atom is 0.270 e. The van der Waals surface area contributed by atoms with Crippen molar-refractivity contribution in [2.75, 3.05) is 4.90 Å². The SMILES string of the molecule is Cc1cc(CNC(=O)c2cc(C(=O)N[C@H]3C(=O)N(Cc4cccs4)c4cc(C#N)ccc43)ncn2)ccc1F. The molecule has 0 saturated heterocycles. The Morgan fingerprint density at radius 1 is 1.10 bits per heavy atom. The van der Waals surface area contributed by atoms with Crippen LogP contribution in [0.4, 0.5) is 10.1 Å². The third kappa shape index (κ3) is 5.37. The largest absolute Gasteiger partial charge is 0.347 e. The van der Waals surface area contributed by atoms with Crippen LogP contribution in [0.2, 0.25) is 0 Å². The number of amides is 3. The van der Waals surface area contributed by atoms with Crippen molar-refractivity contribution in [2.24, 2.45) is 0 Å². The van der Waals surface area contributed by atoms with Gasteiger partial charge in [-0.2, -0.15) is 5.26 Å². The lowest BCUT2D eigenvalue weighted by molar-refractivity contribution is -0.119. The van der Waals surface area contributed by atoms with Crippen molar-refractivity contribution in [3.63, 3.8) is 0 Å². The molecule has 11 heteroatoms. The molecule has 2 N–H and O–H groups in total. The van der Waals surface area contributed by atoms with Gasteiger partial charge in [-0.1, -0.05) is 24.3 Å². The van der Waals surface area contributed by atoms with E-state index in [-0.39, 0.29) is 29.7 Å². The number of aromatic nitrogens is 2. The van der Waals surface area contributed by atoms with Gasteiger partial charge in [-0.15, -0.1) is 11.3 Å². The number of thiophene rings is 1. The van der Waals surface area contributed by atoms with E-state index in [2.05, 4.69) is 26.7 Å². The third-order valence-corrected chi connectivity index (χ3v) is 7.11. The van der Waals surface area contributed by atoms with Crippen LogP contribution in [0.1, 0.15) is 54.1 Å². The lowest BCUT2D eigenvalue weighted by Gasteiger charge is -2.17. The van der Waals surface area contributed by atoms with Crippen molar-refractivity contribution in [1.82, 2.24) is 20.6 Å². The van der Waals surface area contributed by atoms with E-state index in [0.29, 0.717) is 34.5 Å². The summed E-state index contributed by atoms with van der Waals surface area (Å²) >= 11 is 1.50. The van der Waals surface area contributed by atoms with E-state index in [1.807, 2.05) is 17.5 Å². The van der Waals surface area contributed by atoms with Crippen LogP contribution in [0, 0.1) is 24.1 Å². The molecule has 0 bridgehead atoms. The van der Waals surface area contributed by atoms with Crippen molar-refractivity contribution in [2.45, 2.75) is 26.1 Å².